The molecule has 0 saturated carbocycles. The van der Waals surface area contributed by atoms with Gasteiger partial charge in [-0.2, -0.15) is 0 Å². The summed E-state index contributed by atoms with van der Waals surface area (Å²) in [6, 6.07) is 9.96. The van der Waals surface area contributed by atoms with Crippen LogP contribution in [0, 0.1) is 0 Å². The standard InChI is InChI=1S/C13H16N4S.HI/c14-13(17-10-12-5-3-9-18-12)16-8-6-11-4-1-2-7-15-11;/h1-5,7,9H,6,8,10H2,(H3,14,16,17);1H. The molecule has 2 aromatic heterocycles. The second-order valence-corrected chi connectivity index (χ2v) is 4.81. The van der Waals surface area contributed by atoms with Crippen LogP contribution in [0.4, 0.5) is 0 Å². The number of rotatable bonds is 5. The van der Waals surface area contributed by atoms with Crippen molar-refractivity contribution in [2.24, 2.45) is 10.7 Å². The third-order valence-electron chi connectivity index (χ3n) is 2.40. The van der Waals surface area contributed by atoms with E-state index >= 15 is 0 Å². The quantitative estimate of drug-likeness (QED) is 0.470. The maximum absolute atomic E-state index is 5.78. The van der Waals surface area contributed by atoms with Crippen molar-refractivity contribution in [2.75, 3.05) is 6.54 Å². The topological polar surface area (TPSA) is 63.3 Å². The number of pyridine rings is 1. The summed E-state index contributed by atoms with van der Waals surface area (Å²) in [4.78, 5) is 9.73. The smallest absolute Gasteiger partial charge is 0.188 e. The van der Waals surface area contributed by atoms with Gasteiger partial charge in [-0.3, -0.25) is 4.98 Å². The van der Waals surface area contributed by atoms with Crippen LogP contribution in [-0.2, 0) is 13.0 Å². The molecule has 6 heteroatoms. The Morgan fingerprint density at radius 3 is 2.89 bits per heavy atom. The van der Waals surface area contributed by atoms with Crippen molar-refractivity contribution in [1.82, 2.24) is 10.3 Å². The summed E-state index contributed by atoms with van der Waals surface area (Å²) >= 11 is 1.69. The van der Waals surface area contributed by atoms with Crippen molar-refractivity contribution in [3.63, 3.8) is 0 Å². The maximum atomic E-state index is 5.78. The second-order valence-electron chi connectivity index (χ2n) is 3.78. The van der Waals surface area contributed by atoms with Crippen molar-refractivity contribution in [1.29, 1.82) is 0 Å². The molecule has 2 heterocycles. The highest BCUT2D eigenvalue weighted by molar-refractivity contribution is 14.0. The van der Waals surface area contributed by atoms with E-state index in [4.69, 9.17) is 5.73 Å². The van der Waals surface area contributed by atoms with E-state index in [1.807, 2.05) is 29.6 Å². The number of halogens is 1. The van der Waals surface area contributed by atoms with Gasteiger partial charge in [0.05, 0.1) is 6.54 Å². The Bertz CT molecular complexity index is 485. The Hall–Kier alpha value is -1.15. The maximum Gasteiger partial charge on any atom is 0.188 e. The number of nitrogens with two attached hydrogens (primary N) is 1. The molecular formula is C13H17IN4S. The van der Waals surface area contributed by atoms with Crippen LogP contribution in [0.1, 0.15) is 10.6 Å². The van der Waals surface area contributed by atoms with E-state index in [0.717, 1.165) is 18.7 Å². The van der Waals surface area contributed by atoms with E-state index in [1.165, 1.54) is 4.88 Å². The fourth-order valence-electron chi connectivity index (χ4n) is 1.49. The molecule has 0 aliphatic heterocycles. The molecule has 102 valence electrons. The number of guanidine groups is 1. The first-order valence-corrected chi connectivity index (χ1v) is 6.68. The second kappa shape index (κ2) is 8.87. The number of hydrogen-bond acceptors (Lipinski definition) is 3. The minimum Gasteiger partial charge on any atom is -0.370 e. The van der Waals surface area contributed by atoms with Crippen molar-refractivity contribution < 1.29 is 0 Å². The molecule has 0 amide bonds. The van der Waals surface area contributed by atoms with Crippen molar-refractivity contribution in [3.8, 4) is 0 Å². The molecule has 0 saturated heterocycles. The van der Waals surface area contributed by atoms with Crippen LogP contribution in [-0.4, -0.2) is 17.5 Å². The molecular weight excluding hydrogens is 371 g/mol. The lowest BCUT2D eigenvalue weighted by Crippen LogP contribution is -2.33. The minimum absolute atomic E-state index is 0. The van der Waals surface area contributed by atoms with E-state index in [-0.39, 0.29) is 24.0 Å². The first-order valence-electron chi connectivity index (χ1n) is 5.80. The van der Waals surface area contributed by atoms with Gasteiger partial charge in [-0.15, -0.1) is 35.3 Å². The molecule has 0 aromatic carbocycles. The van der Waals surface area contributed by atoms with Crippen LogP contribution in [0.3, 0.4) is 0 Å². The zero-order valence-electron chi connectivity index (χ0n) is 10.5. The molecule has 0 unspecified atom stereocenters. The molecule has 4 nitrogen and oxygen atoms in total. The lowest BCUT2D eigenvalue weighted by Gasteiger charge is -2.04. The third-order valence-corrected chi connectivity index (χ3v) is 3.26. The fraction of sp³-hybridized carbons (Fsp3) is 0.231. The number of aliphatic imine (C=N–C) groups is 1. The van der Waals surface area contributed by atoms with Gasteiger partial charge in [0, 0.05) is 29.7 Å². The average Bonchev–Trinajstić information content (AvgIpc) is 2.91. The number of thiophene rings is 1. The lowest BCUT2D eigenvalue weighted by atomic mass is 10.3. The Balaban J connectivity index is 0.00000180. The zero-order chi connectivity index (χ0) is 12.6. The van der Waals surface area contributed by atoms with Gasteiger partial charge in [-0.1, -0.05) is 12.1 Å². The van der Waals surface area contributed by atoms with Crippen LogP contribution in [0.15, 0.2) is 46.9 Å². The van der Waals surface area contributed by atoms with Crippen molar-refractivity contribution in [3.05, 3.63) is 52.5 Å². The summed E-state index contributed by atoms with van der Waals surface area (Å²) in [6.45, 7) is 1.39. The van der Waals surface area contributed by atoms with Gasteiger partial charge in [0.2, 0.25) is 0 Å². The summed E-state index contributed by atoms with van der Waals surface area (Å²) < 4.78 is 0. The highest BCUT2D eigenvalue weighted by Gasteiger charge is 1.95. The van der Waals surface area contributed by atoms with Crippen molar-refractivity contribution >= 4 is 41.3 Å². The third kappa shape index (κ3) is 6.02. The summed E-state index contributed by atoms with van der Waals surface area (Å²) in [5.41, 5.74) is 6.83. The summed E-state index contributed by atoms with van der Waals surface area (Å²) in [7, 11) is 0. The van der Waals surface area contributed by atoms with E-state index in [0.29, 0.717) is 12.5 Å². The van der Waals surface area contributed by atoms with E-state index in [2.05, 4.69) is 21.4 Å². The Morgan fingerprint density at radius 2 is 2.21 bits per heavy atom. The van der Waals surface area contributed by atoms with Gasteiger partial charge in [0.15, 0.2) is 5.96 Å². The molecule has 0 bridgehead atoms. The van der Waals surface area contributed by atoms with E-state index in [1.54, 1.807) is 17.5 Å². The molecule has 2 aromatic rings. The van der Waals surface area contributed by atoms with Crippen LogP contribution < -0.4 is 11.1 Å². The predicted molar refractivity (Wildman–Crippen MR) is 91.0 cm³/mol. The van der Waals surface area contributed by atoms with Gasteiger partial charge in [-0.25, -0.2) is 4.99 Å². The fourth-order valence-corrected chi connectivity index (χ4v) is 2.11. The van der Waals surface area contributed by atoms with E-state index < -0.39 is 0 Å². The van der Waals surface area contributed by atoms with Gasteiger partial charge in [0.1, 0.15) is 0 Å². The number of nitrogens with one attached hydrogen (secondary N) is 1. The highest BCUT2D eigenvalue weighted by Crippen LogP contribution is 2.08. The van der Waals surface area contributed by atoms with Crippen LogP contribution >= 0.6 is 35.3 Å². The lowest BCUT2D eigenvalue weighted by molar-refractivity contribution is 0.828. The average molecular weight is 388 g/mol. The molecule has 3 N–H and O–H groups in total. The highest BCUT2D eigenvalue weighted by atomic mass is 127. The molecule has 0 radical (unpaired) electrons. The number of aromatic nitrogens is 1. The molecule has 0 fully saturated rings. The van der Waals surface area contributed by atoms with Gasteiger partial charge >= 0.3 is 0 Å². The van der Waals surface area contributed by atoms with Gasteiger partial charge in [-0.05, 0) is 23.6 Å². The van der Waals surface area contributed by atoms with Gasteiger partial charge in [0.25, 0.3) is 0 Å². The molecule has 19 heavy (non-hydrogen) atoms. The SMILES string of the molecule is I.NC(=NCc1cccs1)NCCc1ccccn1. The Labute approximate surface area is 134 Å². The predicted octanol–water partition coefficient (Wildman–Crippen LogP) is 2.41. The zero-order valence-corrected chi connectivity index (χ0v) is 13.6. The van der Waals surface area contributed by atoms with Gasteiger partial charge < -0.3 is 11.1 Å². The first kappa shape index (κ1) is 15.9. The van der Waals surface area contributed by atoms with Crippen molar-refractivity contribution in [2.45, 2.75) is 13.0 Å². The number of nitrogens with zero attached hydrogens (tertiary/aromatic N) is 2. The molecule has 0 spiro atoms. The summed E-state index contributed by atoms with van der Waals surface area (Å²) in [5.74, 6) is 0.485. The Morgan fingerprint density at radius 1 is 1.32 bits per heavy atom. The first-order chi connectivity index (χ1) is 8.84. The number of hydrogen-bond donors (Lipinski definition) is 2. The molecule has 0 aliphatic carbocycles. The molecule has 2 rings (SSSR count). The summed E-state index contributed by atoms with van der Waals surface area (Å²) in [5, 5.41) is 5.12. The van der Waals surface area contributed by atoms with Crippen LogP contribution in [0.5, 0.6) is 0 Å². The minimum atomic E-state index is 0. The van der Waals surface area contributed by atoms with Crippen LogP contribution in [0.25, 0.3) is 0 Å². The normalized spacial score (nSPS) is 10.8. The Kier molecular flexibility index (Phi) is 7.42. The summed E-state index contributed by atoms with van der Waals surface area (Å²) in [6.07, 6.45) is 2.64. The van der Waals surface area contributed by atoms with E-state index in [9.17, 15) is 0 Å². The van der Waals surface area contributed by atoms with Crippen LogP contribution in [0.2, 0.25) is 0 Å². The molecule has 0 atom stereocenters. The molecule has 0 aliphatic rings. The monoisotopic (exact) mass is 388 g/mol. The largest absolute Gasteiger partial charge is 0.370 e.